The van der Waals surface area contributed by atoms with E-state index >= 15 is 0 Å². The number of nitrogens with zero attached hydrogens (tertiary/aromatic N) is 1. The fraction of sp³-hybridized carbons (Fsp3) is 0.0952. The van der Waals surface area contributed by atoms with Crippen molar-refractivity contribution in [1.29, 1.82) is 0 Å². The number of methoxy groups -OCH3 is 1. The lowest BCUT2D eigenvalue weighted by molar-refractivity contribution is 0.414. The van der Waals surface area contributed by atoms with E-state index in [4.69, 9.17) is 20.8 Å². The van der Waals surface area contributed by atoms with E-state index in [1.165, 1.54) is 5.56 Å². The van der Waals surface area contributed by atoms with Gasteiger partial charge in [-0.15, -0.1) is 0 Å². The summed E-state index contributed by atoms with van der Waals surface area (Å²) >= 11 is 6.00. The molecule has 1 N–H and O–H groups in total. The number of rotatable bonds is 5. The summed E-state index contributed by atoms with van der Waals surface area (Å²) < 4.78 is 11.0. The summed E-state index contributed by atoms with van der Waals surface area (Å²) in [7, 11) is 1.67. The molecule has 4 nitrogen and oxygen atoms in total. The second kappa shape index (κ2) is 7.10. The van der Waals surface area contributed by atoms with Gasteiger partial charge >= 0.3 is 0 Å². The van der Waals surface area contributed by atoms with Gasteiger partial charge in [-0.1, -0.05) is 23.7 Å². The topological polar surface area (TPSA) is 47.3 Å². The van der Waals surface area contributed by atoms with Gasteiger partial charge in [-0.3, -0.25) is 0 Å². The van der Waals surface area contributed by atoms with E-state index in [2.05, 4.69) is 10.3 Å². The van der Waals surface area contributed by atoms with Gasteiger partial charge in [0.2, 0.25) is 5.89 Å². The molecule has 0 aliphatic rings. The molecule has 1 heterocycles. The van der Waals surface area contributed by atoms with Crippen LogP contribution in [0.25, 0.3) is 22.6 Å². The second-order valence-electron chi connectivity index (χ2n) is 5.91. The molecule has 0 bridgehead atoms. The van der Waals surface area contributed by atoms with Crippen LogP contribution in [-0.2, 0) is 6.54 Å². The zero-order chi connectivity index (χ0) is 17.9. The minimum absolute atomic E-state index is 0.587. The highest BCUT2D eigenvalue weighted by atomic mass is 35.5. The Morgan fingerprint density at radius 3 is 2.50 bits per heavy atom. The Bertz CT molecular complexity index is 1020. The lowest BCUT2D eigenvalue weighted by Crippen LogP contribution is -1.99. The van der Waals surface area contributed by atoms with Gasteiger partial charge in [0.15, 0.2) is 5.58 Å². The Labute approximate surface area is 156 Å². The molecule has 0 unspecified atom stereocenters. The lowest BCUT2D eigenvalue weighted by Gasteiger charge is -2.07. The Kier molecular flexibility index (Phi) is 4.50. The van der Waals surface area contributed by atoms with Crippen LogP contribution < -0.4 is 10.1 Å². The molecular weight excluding hydrogens is 348 g/mol. The van der Waals surface area contributed by atoms with Crippen molar-refractivity contribution in [1.82, 2.24) is 4.98 Å². The van der Waals surface area contributed by atoms with Gasteiger partial charge in [-0.25, -0.2) is 4.98 Å². The van der Waals surface area contributed by atoms with Gasteiger partial charge in [-0.2, -0.15) is 0 Å². The van der Waals surface area contributed by atoms with Gasteiger partial charge in [0.05, 0.1) is 7.11 Å². The van der Waals surface area contributed by atoms with Crippen molar-refractivity contribution in [3.63, 3.8) is 0 Å². The monoisotopic (exact) mass is 364 g/mol. The predicted octanol–water partition coefficient (Wildman–Crippen LogP) is 5.77. The van der Waals surface area contributed by atoms with Crippen molar-refractivity contribution in [2.75, 3.05) is 12.4 Å². The van der Waals surface area contributed by atoms with Gasteiger partial charge in [-0.05, 0) is 60.2 Å². The number of ether oxygens (including phenoxy) is 1. The number of hydrogen-bond donors (Lipinski definition) is 1. The fourth-order valence-corrected chi connectivity index (χ4v) is 2.87. The summed E-state index contributed by atoms with van der Waals surface area (Å²) in [5.74, 6) is 1.45. The maximum Gasteiger partial charge on any atom is 0.227 e. The van der Waals surface area contributed by atoms with E-state index in [0.717, 1.165) is 34.6 Å². The molecule has 3 aromatic carbocycles. The van der Waals surface area contributed by atoms with Crippen LogP contribution in [0.5, 0.6) is 5.75 Å². The molecule has 0 saturated carbocycles. The Balaban J connectivity index is 1.46. The first kappa shape index (κ1) is 16.5. The minimum atomic E-state index is 0.587. The molecule has 0 radical (unpaired) electrons. The van der Waals surface area contributed by atoms with Gasteiger partial charge in [0.1, 0.15) is 11.3 Å². The minimum Gasteiger partial charge on any atom is -0.497 e. The molecule has 0 aliphatic carbocycles. The number of oxazole rings is 1. The Morgan fingerprint density at radius 2 is 1.77 bits per heavy atom. The molecule has 1 aromatic heterocycles. The number of fused-ring (bicyclic) bond motifs is 1. The molecule has 4 aromatic rings. The standard InChI is InChI=1S/C21H17ClN2O2/c1-25-18-9-2-14(3-10-18)13-23-17-7-4-15(5-8-17)21-24-19-12-16(22)6-11-20(19)26-21/h2-12,23H,13H2,1H3. The maximum absolute atomic E-state index is 6.00. The highest BCUT2D eigenvalue weighted by molar-refractivity contribution is 6.31. The average molecular weight is 365 g/mol. The van der Waals surface area contributed by atoms with Crippen LogP contribution >= 0.6 is 11.6 Å². The van der Waals surface area contributed by atoms with Crippen molar-refractivity contribution < 1.29 is 9.15 Å². The summed E-state index contributed by atoms with van der Waals surface area (Å²) in [4.78, 5) is 4.50. The van der Waals surface area contributed by atoms with E-state index in [0.29, 0.717) is 10.9 Å². The van der Waals surface area contributed by atoms with E-state index in [-0.39, 0.29) is 0 Å². The van der Waals surface area contributed by atoms with Gasteiger partial charge in [0, 0.05) is 22.8 Å². The number of benzene rings is 3. The third kappa shape index (κ3) is 3.51. The second-order valence-corrected chi connectivity index (χ2v) is 6.35. The molecule has 130 valence electrons. The summed E-state index contributed by atoms with van der Waals surface area (Å²) in [5, 5.41) is 4.05. The fourth-order valence-electron chi connectivity index (χ4n) is 2.70. The van der Waals surface area contributed by atoms with Gasteiger partial charge < -0.3 is 14.5 Å². The Hall–Kier alpha value is -2.98. The van der Waals surface area contributed by atoms with Crippen molar-refractivity contribution in [2.45, 2.75) is 6.54 Å². The first-order chi connectivity index (χ1) is 12.7. The van der Waals surface area contributed by atoms with E-state index in [1.807, 2.05) is 54.6 Å². The van der Waals surface area contributed by atoms with E-state index in [9.17, 15) is 0 Å². The highest BCUT2D eigenvalue weighted by Gasteiger charge is 2.08. The maximum atomic E-state index is 6.00. The van der Waals surface area contributed by atoms with Crippen molar-refractivity contribution in [3.05, 3.63) is 77.3 Å². The molecule has 0 atom stereocenters. The molecular formula is C21H17ClN2O2. The Morgan fingerprint density at radius 1 is 1.00 bits per heavy atom. The zero-order valence-electron chi connectivity index (χ0n) is 14.2. The predicted molar refractivity (Wildman–Crippen MR) is 105 cm³/mol. The van der Waals surface area contributed by atoms with Crippen LogP contribution in [0.2, 0.25) is 5.02 Å². The largest absolute Gasteiger partial charge is 0.497 e. The average Bonchev–Trinajstić information content (AvgIpc) is 3.10. The third-order valence-corrected chi connectivity index (χ3v) is 4.37. The molecule has 0 aliphatic heterocycles. The SMILES string of the molecule is COc1ccc(CNc2ccc(-c3nc4cc(Cl)ccc4o3)cc2)cc1. The smallest absolute Gasteiger partial charge is 0.227 e. The molecule has 4 rings (SSSR count). The van der Waals surface area contributed by atoms with Crippen LogP contribution in [0.1, 0.15) is 5.56 Å². The summed E-state index contributed by atoms with van der Waals surface area (Å²) in [6.45, 7) is 0.741. The third-order valence-electron chi connectivity index (χ3n) is 4.14. The lowest BCUT2D eigenvalue weighted by atomic mass is 10.2. The molecule has 26 heavy (non-hydrogen) atoms. The zero-order valence-corrected chi connectivity index (χ0v) is 15.0. The van der Waals surface area contributed by atoms with Crippen molar-refractivity contribution in [3.8, 4) is 17.2 Å². The number of aromatic nitrogens is 1. The number of anilines is 1. The van der Waals surface area contributed by atoms with Crippen LogP contribution in [0.15, 0.2) is 71.1 Å². The molecule has 0 amide bonds. The van der Waals surface area contributed by atoms with Crippen molar-refractivity contribution in [2.24, 2.45) is 0 Å². The van der Waals surface area contributed by atoms with Crippen LogP contribution in [0.3, 0.4) is 0 Å². The van der Waals surface area contributed by atoms with Crippen LogP contribution in [0, 0.1) is 0 Å². The molecule has 0 fully saturated rings. The van der Waals surface area contributed by atoms with Gasteiger partial charge in [0.25, 0.3) is 0 Å². The first-order valence-corrected chi connectivity index (χ1v) is 8.62. The van der Waals surface area contributed by atoms with E-state index < -0.39 is 0 Å². The molecule has 0 spiro atoms. The van der Waals surface area contributed by atoms with Crippen LogP contribution in [0.4, 0.5) is 5.69 Å². The summed E-state index contributed by atoms with van der Waals surface area (Å²) in [5.41, 5.74) is 4.63. The number of hydrogen-bond acceptors (Lipinski definition) is 4. The summed E-state index contributed by atoms with van der Waals surface area (Å²) in [6.07, 6.45) is 0. The number of halogens is 1. The highest BCUT2D eigenvalue weighted by Crippen LogP contribution is 2.27. The number of nitrogens with one attached hydrogen (secondary N) is 1. The molecule has 0 saturated heterocycles. The summed E-state index contributed by atoms with van der Waals surface area (Å²) in [6, 6.07) is 21.4. The van der Waals surface area contributed by atoms with Crippen LogP contribution in [-0.4, -0.2) is 12.1 Å². The van der Waals surface area contributed by atoms with Crippen molar-refractivity contribution >= 4 is 28.4 Å². The quantitative estimate of drug-likeness (QED) is 0.488. The van der Waals surface area contributed by atoms with E-state index in [1.54, 1.807) is 19.2 Å². The first-order valence-electron chi connectivity index (χ1n) is 8.24. The normalized spacial score (nSPS) is 10.8. The molecule has 5 heteroatoms.